The molecule has 0 unspecified atom stereocenters. The van der Waals surface area contributed by atoms with Gasteiger partial charge in [0.05, 0.1) is 25.9 Å². The molecule has 8 nitrogen and oxygen atoms in total. The number of hydrogen-bond acceptors (Lipinski definition) is 8. The van der Waals surface area contributed by atoms with Crippen LogP contribution in [0.15, 0.2) is 0 Å². The molecule has 23 heavy (non-hydrogen) atoms. The molecule has 0 amide bonds. The molecule has 0 bridgehead atoms. The Hall–Kier alpha value is -1.22. The van der Waals surface area contributed by atoms with Crippen molar-refractivity contribution in [1.82, 2.24) is 0 Å². The molecule has 8 heteroatoms. The van der Waals surface area contributed by atoms with Gasteiger partial charge in [0.2, 0.25) is 0 Å². The van der Waals surface area contributed by atoms with E-state index in [9.17, 15) is 14.7 Å². The van der Waals surface area contributed by atoms with Gasteiger partial charge in [-0.2, -0.15) is 0 Å². The summed E-state index contributed by atoms with van der Waals surface area (Å²) in [6, 6.07) is 0. The Bertz CT molecular complexity index is 342. The molecule has 0 aromatic rings. The summed E-state index contributed by atoms with van der Waals surface area (Å²) >= 11 is 0. The Balaban J connectivity index is 0. The highest BCUT2D eigenvalue weighted by Crippen LogP contribution is 2.07. The molecule has 0 spiro atoms. The molecular formula is C15H30O8. The lowest BCUT2D eigenvalue weighted by molar-refractivity contribution is -0.161. The van der Waals surface area contributed by atoms with E-state index in [1.807, 2.05) is 0 Å². The number of methoxy groups -OCH3 is 1. The molecule has 0 aliphatic heterocycles. The van der Waals surface area contributed by atoms with Crippen molar-refractivity contribution in [1.29, 1.82) is 0 Å². The molecule has 0 fully saturated rings. The van der Waals surface area contributed by atoms with E-state index in [0.717, 1.165) is 0 Å². The van der Waals surface area contributed by atoms with Crippen LogP contribution in [0.1, 0.15) is 34.6 Å². The number of hydrogen-bond donors (Lipinski definition) is 4. The lowest BCUT2D eigenvalue weighted by Gasteiger charge is -2.18. The number of aliphatic hydroxyl groups is 4. The van der Waals surface area contributed by atoms with Gasteiger partial charge in [0.15, 0.2) is 12.2 Å². The van der Waals surface area contributed by atoms with E-state index in [-0.39, 0.29) is 18.4 Å². The summed E-state index contributed by atoms with van der Waals surface area (Å²) < 4.78 is 8.76. The normalized spacial score (nSPS) is 16.0. The van der Waals surface area contributed by atoms with Crippen molar-refractivity contribution in [2.45, 2.75) is 59.0 Å². The van der Waals surface area contributed by atoms with Crippen LogP contribution in [0.3, 0.4) is 0 Å². The van der Waals surface area contributed by atoms with Crippen molar-refractivity contribution in [3.8, 4) is 0 Å². The van der Waals surface area contributed by atoms with Crippen molar-refractivity contribution >= 4 is 11.9 Å². The maximum absolute atomic E-state index is 10.9. The molecule has 4 N–H and O–H groups in total. The largest absolute Gasteiger partial charge is 0.467 e. The van der Waals surface area contributed by atoms with Gasteiger partial charge in [-0.25, -0.2) is 9.59 Å². The van der Waals surface area contributed by atoms with Crippen LogP contribution >= 0.6 is 0 Å². The average molecular weight is 338 g/mol. The minimum atomic E-state index is -1.43. The number of rotatable bonds is 7. The zero-order chi connectivity index (χ0) is 18.7. The van der Waals surface area contributed by atoms with Gasteiger partial charge in [-0.3, -0.25) is 0 Å². The predicted octanol–water partition coefficient (Wildman–Crippen LogP) is -0.536. The number of ether oxygens (including phenoxy) is 2. The minimum absolute atomic E-state index is 0.163. The van der Waals surface area contributed by atoms with E-state index in [1.54, 1.807) is 34.6 Å². The smallest absolute Gasteiger partial charge is 0.337 e. The highest BCUT2D eigenvalue weighted by atomic mass is 16.5. The summed E-state index contributed by atoms with van der Waals surface area (Å²) in [5.74, 6) is -1.89. The van der Waals surface area contributed by atoms with E-state index in [1.165, 1.54) is 7.11 Å². The Morgan fingerprint density at radius 2 is 1.17 bits per heavy atom. The lowest BCUT2D eigenvalue weighted by Crippen LogP contribution is -2.38. The van der Waals surface area contributed by atoms with Gasteiger partial charge in [-0.1, -0.05) is 27.7 Å². The molecule has 138 valence electrons. The first-order valence-electron chi connectivity index (χ1n) is 7.47. The van der Waals surface area contributed by atoms with Crippen LogP contribution in [-0.2, 0) is 19.1 Å². The predicted molar refractivity (Wildman–Crippen MR) is 82.4 cm³/mol. The van der Waals surface area contributed by atoms with Gasteiger partial charge in [-0.05, 0) is 18.8 Å². The molecule has 0 radical (unpaired) electrons. The summed E-state index contributed by atoms with van der Waals surface area (Å²) in [4.78, 5) is 21.5. The van der Waals surface area contributed by atoms with Gasteiger partial charge in [0.25, 0.3) is 0 Å². The van der Waals surface area contributed by atoms with Crippen LogP contribution in [0, 0.1) is 11.8 Å². The van der Waals surface area contributed by atoms with E-state index >= 15 is 0 Å². The van der Waals surface area contributed by atoms with Crippen molar-refractivity contribution in [2.24, 2.45) is 11.8 Å². The van der Waals surface area contributed by atoms with Crippen LogP contribution in [0.2, 0.25) is 0 Å². The zero-order valence-corrected chi connectivity index (χ0v) is 14.6. The monoisotopic (exact) mass is 338 g/mol. The molecule has 0 saturated heterocycles. The van der Waals surface area contributed by atoms with Crippen molar-refractivity contribution < 1.29 is 39.5 Å². The molecule has 0 aliphatic carbocycles. The highest BCUT2D eigenvalue weighted by molar-refractivity contribution is 5.75. The summed E-state index contributed by atoms with van der Waals surface area (Å²) in [6.07, 6.45) is -4.96. The quantitative estimate of drug-likeness (QED) is 0.455. The summed E-state index contributed by atoms with van der Waals surface area (Å²) in [5.41, 5.74) is 0. The van der Waals surface area contributed by atoms with E-state index in [0.29, 0.717) is 0 Å². The third-order valence-electron chi connectivity index (χ3n) is 2.98. The highest BCUT2D eigenvalue weighted by Gasteiger charge is 2.28. The Labute approximate surface area is 137 Å². The van der Waals surface area contributed by atoms with Gasteiger partial charge >= 0.3 is 11.9 Å². The first-order valence-corrected chi connectivity index (χ1v) is 7.47. The van der Waals surface area contributed by atoms with Crippen molar-refractivity contribution in [2.75, 3.05) is 13.7 Å². The first kappa shape index (κ1) is 24.0. The average Bonchev–Trinajstić information content (AvgIpc) is 2.51. The Kier molecular flexibility index (Phi) is 12.8. The van der Waals surface area contributed by atoms with Crippen LogP contribution in [-0.4, -0.2) is 70.5 Å². The first-order chi connectivity index (χ1) is 10.5. The molecule has 0 aromatic carbocycles. The van der Waals surface area contributed by atoms with Crippen LogP contribution in [0.5, 0.6) is 0 Å². The fourth-order valence-electron chi connectivity index (χ4n) is 1.36. The van der Waals surface area contributed by atoms with Gasteiger partial charge < -0.3 is 29.9 Å². The van der Waals surface area contributed by atoms with E-state index in [2.05, 4.69) is 9.47 Å². The number of aliphatic hydroxyl groups excluding tert-OH is 4. The second-order valence-corrected chi connectivity index (χ2v) is 5.63. The molecule has 0 aliphatic rings. The molecular weight excluding hydrogens is 308 g/mol. The van der Waals surface area contributed by atoms with Gasteiger partial charge in [-0.15, -0.1) is 0 Å². The fourth-order valence-corrected chi connectivity index (χ4v) is 1.36. The van der Waals surface area contributed by atoms with E-state index < -0.39 is 36.4 Å². The number of esters is 2. The van der Waals surface area contributed by atoms with Gasteiger partial charge in [0, 0.05) is 0 Å². The molecule has 4 atom stereocenters. The number of carbonyl (C=O) groups is 2. The summed E-state index contributed by atoms with van der Waals surface area (Å²) in [6.45, 7) is 8.70. The van der Waals surface area contributed by atoms with Crippen LogP contribution in [0.4, 0.5) is 0 Å². The Morgan fingerprint density at radius 3 is 1.43 bits per heavy atom. The third kappa shape index (κ3) is 9.50. The second-order valence-electron chi connectivity index (χ2n) is 5.63. The second kappa shape index (κ2) is 12.2. The maximum atomic E-state index is 10.9. The minimum Gasteiger partial charge on any atom is -0.467 e. The van der Waals surface area contributed by atoms with Crippen LogP contribution < -0.4 is 0 Å². The molecule has 0 rings (SSSR count). The van der Waals surface area contributed by atoms with E-state index in [4.69, 9.17) is 15.3 Å². The van der Waals surface area contributed by atoms with Crippen LogP contribution in [0.25, 0.3) is 0 Å². The lowest BCUT2D eigenvalue weighted by atomic mass is 10.0. The number of carbonyl (C=O) groups excluding carboxylic acids is 2. The standard InChI is InChI=1S/C8H16O4.C7H14O4/c1-4-12-8(11)7(10)6(9)5(2)3;1-4(2)5(8)6(9)7(10)11-3/h5-7,9-10H,4H2,1-3H3;4-6,8-9H,1-3H3/t6-,7+;5-,6+/m00/s1. The van der Waals surface area contributed by atoms with Crippen molar-refractivity contribution in [3.63, 3.8) is 0 Å². The fraction of sp³-hybridized carbons (Fsp3) is 0.867. The molecule has 0 heterocycles. The third-order valence-corrected chi connectivity index (χ3v) is 2.98. The van der Waals surface area contributed by atoms with Crippen molar-refractivity contribution in [3.05, 3.63) is 0 Å². The zero-order valence-electron chi connectivity index (χ0n) is 14.6. The maximum Gasteiger partial charge on any atom is 0.337 e. The molecule has 0 aromatic heterocycles. The molecule has 0 saturated carbocycles. The summed E-state index contributed by atoms with van der Waals surface area (Å²) in [5, 5.41) is 36.6. The van der Waals surface area contributed by atoms with Gasteiger partial charge in [0.1, 0.15) is 0 Å². The summed E-state index contributed by atoms with van der Waals surface area (Å²) in [7, 11) is 1.17. The topological polar surface area (TPSA) is 134 Å². The Morgan fingerprint density at radius 1 is 0.826 bits per heavy atom. The SMILES string of the molecule is CCOC(=O)[C@H](O)[C@@H](O)C(C)C.COC(=O)[C@H](O)[C@@H](O)C(C)C.